The van der Waals surface area contributed by atoms with Crippen molar-refractivity contribution in [3.63, 3.8) is 0 Å². The molecule has 1 aliphatic heterocycles. The van der Waals surface area contributed by atoms with E-state index in [4.69, 9.17) is 0 Å². The highest BCUT2D eigenvalue weighted by Gasteiger charge is 2.43. The van der Waals surface area contributed by atoms with Gasteiger partial charge in [-0.1, -0.05) is 6.92 Å². The van der Waals surface area contributed by atoms with Crippen molar-refractivity contribution < 1.29 is 9.59 Å². The molecule has 0 saturated carbocycles. The van der Waals surface area contributed by atoms with Crippen LogP contribution in [0.3, 0.4) is 0 Å². The van der Waals surface area contributed by atoms with Crippen LogP contribution in [0.15, 0.2) is 0 Å². The average Bonchev–Trinajstić information content (AvgIpc) is 2.26. The zero-order valence-electron chi connectivity index (χ0n) is 9.26. The molecule has 0 aromatic carbocycles. The Morgan fingerprint density at radius 2 is 2.07 bits per heavy atom. The lowest BCUT2D eigenvalue weighted by molar-refractivity contribution is -0.145. The number of rotatable bonds is 3. The van der Waals surface area contributed by atoms with Crippen LogP contribution in [0.1, 0.15) is 27.2 Å². The molecule has 0 spiro atoms. The quantitative estimate of drug-likeness (QED) is 0.667. The molecule has 0 bridgehead atoms. The van der Waals surface area contributed by atoms with Gasteiger partial charge in [-0.3, -0.25) is 14.5 Å². The van der Waals surface area contributed by atoms with Gasteiger partial charge in [-0.2, -0.15) is 0 Å². The molecule has 0 radical (unpaired) electrons. The van der Waals surface area contributed by atoms with Crippen LogP contribution in [0.2, 0.25) is 0 Å². The molecular formula is C10H18N2O2. The maximum absolute atomic E-state index is 11.7. The first-order chi connectivity index (χ1) is 6.40. The minimum Gasteiger partial charge on any atom is -0.317 e. The fourth-order valence-corrected chi connectivity index (χ4v) is 1.93. The van der Waals surface area contributed by atoms with Crippen LogP contribution in [0.5, 0.6) is 0 Å². The largest absolute Gasteiger partial charge is 0.317 e. The highest BCUT2D eigenvalue weighted by atomic mass is 16.2. The van der Waals surface area contributed by atoms with E-state index >= 15 is 0 Å². The molecule has 0 aromatic rings. The topological polar surface area (TPSA) is 49.4 Å². The molecule has 4 heteroatoms. The number of likely N-dealkylation sites (N-methyl/N-ethyl adjacent to an activating group) is 1. The van der Waals surface area contributed by atoms with Crippen LogP contribution >= 0.6 is 0 Å². The average molecular weight is 198 g/mol. The minimum absolute atomic E-state index is 0.0461. The summed E-state index contributed by atoms with van der Waals surface area (Å²) in [6.45, 7) is 6.22. The van der Waals surface area contributed by atoms with E-state index in [2.05, 4.69) is 5.32 Å². The van der Waals surface area contributed by atoms with Crippen molar-refractivity contribution in [1.29, 1.82) is 0 Å². The van der Waals surface area contributed by atoms with Crippen molar-refractivity contribution in [2.24, 2.45) is 5.92 Å². The first kappa shape index (κ1) is 11.2. The molecule has 1 rings (SSSR count). The second-order valence-electron chi connectivity index (χ2n) is 4.52. The Morgan fingerprint density at radius 3 is 2.43 bits per heavy atom. The summed E-state index contributed by atoms with van der Waals surface area (Å²) in [5.74, 6) is -0.253. The molecule has 4 nitrogen and oxygen atoms in total. The Kier molecular flexibility index (Phi) is 2.95. The summed E-state index contributed by atoms with van der Waals surface area (Å²) >= 11 is 0. The van der Waals surface area contributed by atoms with Crippen molar-refractivity contribution in [2.75, 3.05) is 13.6 Å². The van der Waals surface area contributed by atoms with Crippen LogP contribution in [0.25, 0.3) is 0 Å². The minimum atomic E-state index is -0.423. The summed E-state index contributed by atoms with van der Waals surface area (Å²) in [5, 5.41) is 2.99. The lowest BCUT2D eigenvalue weighted by Gasteiger charge is -2.33. The molecule has 1 atom stereocenters. The van der Waals surface area contributed by atoms with Crippen molar-refractivity contribution in [3.05, 3.63) is 0 Å². The van der Waals surface area contributed by atoms with Crippen LogP contribution < -0.4 is 5.32 Å². The van der Waals surface area contributed by atoms with Gasteiger partial charge in [0.15, 0.2) is 0 Å². The van der Waals surface area contributed by atoms with Gasteiger partial charge in [-0.05, 0) is 20.9 Å². The van der Waals surface area contributed by atoms with E-state index in [1.807, 2.05) is 20.9 Å². The number of nitrogens with zero attached hydrogens (tertiary/aromatic N) is 1. The zero-order chi connectivity index (χ0) is 10.9. The standard InChI is InChI=1S/C10H18N2O2/c1-7-5-8(13)12(9(7)14)10(2,3)6-11-4/h7,11H,5-6H2,1-4H3. The lowest BCUT2D eigenvalue weighted by atomic mass is 10.0. The van der Waals surface area contributed by atoms with Gasteiger partial charge in [0.1, 0.15) is 0 Å². The van der Waals surface area contributed by atoms with Crippen LogP contribution in [-0.4, -0.2) is 35.8 Å². The van der Waals surface area contributed by atoms with Gasteiger partial charge in [0.25, 0.3) is 0 Å². The van der Waals surface area contributed by atoms with Gasteiger partial charge in [-0.25, -0.2) is 0 Å². The van der Waals surface area contributed by atoms with E-state index < -0.39 is 5.54 Å². The monoisotopic (exact) mass is 198 g/mol. The highest BCUT2D eigenvalue weighted by Crippen LogP contribution is 2.26. The first-order valence-corrected chi connectivity index (χ1v) is 4.91. The molecule has 14 heavy (non-hydrogen) atoms. The summed E-state index contributed by atoms with van der Waals surface area (Å²) in [7, 11) is 1.82. The Balaban J connectivity index is 2.86. The smallest absolute Gasteiger partial charge is 0.233 e. The lowest BCUT2D eigenvalue weighted by Crippen LogP contribution is -2.52. The molecule has 1 saturated heterocycles. The van der Waals surface area contributed by atoms with Crippen molar-refractivity contribution in [2.45, 2.75) is 32.7 Å². The molecule has 80 valence electrons. The molecule has 1 heterocycles. The molecular weight excluding hydrogens is 180 g/mol. The van der Waals surface area contributed by atoms with Gasteiger partial charge < -0.3 is 5.32 Å². The Hall–Kier alpha value is -0.900. The van der Waals surface area contributed by atoms with Crippen LogP contribution in [0, 0.1) is 5.92 Å². The van der Waals surface area contributed by atoms with Crippen molar-refractivity contribution >= 4 is 11.8 Å². The number of likely N-dealkylation sites (tertiary alicyclic amines) is 1. The summed E-state index contributed by atoms with van der Waals surface area (Å²) < 4.78 is 0. The van der Waals surface area contributed by atoms with E-state index in [1.54, 1.807) is 6.92 Å². The normalized spacial score (nSPS) is 23.4. The van der Waals surface area contributed by atoms with E-state index in [0.29, 0.717) is 13.0 Å². The van der Waals surface area contributed by atoms with Crippen LogP contribution in [-0.2, 0) is 9.59 Å². The third-order valence-electron chi connectivity index (χ3n) is 2.59. The molecule has 1 unspecified atom stereocenters. The molecule has 0 aliphatic carbocycles. The van der Waals surface area contributed by atoms with Gasteiger partial charge in [-0.15, -0.1) is 0 Å². The number of hydrogen-bond donors (Lipinski definition) is 1. The van der Waals surface area contributed by atoms with E-state index in [0.717, 1.165) is 0 Å². The number of hydrogen-bond acceptors (Lipinski definition) is 3. The number of nitrogens with one attached hydrogen (secondary N) is 1. The molecule has 1 N–H and O–H groups in total. The third-order valence-corrected chi connectivity index (χ3v) is 2.59. The van der Waals surface area contributed by atoms with Crippen LogP contribution in [0.4, 0.5) is 0 Å². The number of carbonyl (C=O) groups excluding carboxylic acids is 2. The molecule has 0 aromatic heterocycles. The predicted molar refractivity (Wildman–Crippen MR) is 53.6 cm³/mol. The number of amides is 2. The number of carbonyl (C=O) groups is 2. The predicted octanol–water partition coefficient (Wildman–Crippen LogP) is 0.379. The van der Waals surface area contributed by atoms with Gasteiger partial charge >= 0.3 is 0 Å². The maximum Gasteiger partial charge on any atom is 0.233 e. The molecule has 1 aliphatic rings. The van der Waals surface area contributed by atoms with Gasteiger partial charge in [0.2, 0.25) is 11.8 Å². The summed E-state index contributed by atoms with van der Waals surface area (Å²) in [5.41, 5.74) is -0.423. The summed E-state index contributed by atoms with van der Waals surface area (Å²) in [6.07, 6.45) is 0.353. The Labute approximate surface area is 84.7 Å². The van der Waals surface area contributed by atoms with Crippen molar-refractivity contribution in [3.8, 4) is 0 Å². The maximum atomic E-state index is 11.7. The highest BCUT2D eigenvalue weighted by molar-refractivity contribution is 6.04. The molecule has 2 amide bonds. The molecule has 1 fully saturated rings. The van der Waals surface area contributed by atoms with E-state index in [1.165, 1.54) is 4.90 Å². The second kappa shape index (κ2) is 3.69. The summed E-state index contributed by atoms with van der Waals surface area (Å²) in [4.78, 5) is 24.7. The number of imide groups is 1. The SMILES string of the molecule is CNCC(C)(C)N1C(=O)CC(C)C1=O. The van der Waals surface area contributed by atoms with Gasteiger partial charge in [0.05, 0.1) is 5.54 Å². The van der Waals surface area contributed by atoms with Gasteiger partial charge in [0, 0.05) is 18.9 Å². The zero-order valence-corrected chi connectivity index (χ0v) is 9.26. The summed E-state index contributed by atoms with van der Waals surface area (Å²) in [6, 6.07) is 0. The Morgan fingerprint density at radius 1 is 1.50 bits per heavy atom. The Bertz CT molecular complexity index is 261. The third kappa shape index (κ3) is 1.80. The van der Waals surface area contributed by atoms with Crippen molar-refractivity contribution in [1.82, 2.24) is 10.2 Å². The van der Waals surface area contributed by atoms with E-state index in [9.17, 15) is 9.59 Å². The first-order valence-electron chi connectivity index (χ1n) is 4.91. The fourth-order valence-electron chi connectivity index (χ4n) is 1.93. The van der Waals surface area contributed by atoms with E-state index in [-0.39, 0.29) is 17.7 Å². The fraction of sp³-hybridized carbons (Fsp3) is 0.800. The second-order valence-corrected chi connectivity index (χ2v) is 4.52.